The number of nitrogens with two attached hydrogens (primary N) is 1. The molecule has 0 bridgehead atoms. The molecule has 3 N–H and O–H groups in total. The zero-order chi connectivity index (χ0) is 5.98. The SMILES string of the molecule is Br.NC(=O)c1ccc[nH]1. The van der Waals surface area contributed by atoms with Crippen molar-refractivity contribution in [2.45, 2.75) is 0 Å². The van der Waals surface area contributed by atoms with Crippen LogP contribution in [0, 0.1) is 0 Å². The second-order valence-corrected chi connectivity index (χ2v) is 1.45. The molecule has 1 aromatic heterocycles. The summed E-state index contributed by atoms with van der Waals surface area (Å²) in [6, 6.07) is 3.35. The van der Waals surface area contributed by atoms with Crippen LogP contribution in [-0.2, 0) is 0 Å². The maximum atomic E-state index is 10.3. The molecule has 9 heavy (non-hydrogen) atoms. The lowest BCUT2D eigenvalue weighted by atomic mass is 10.4. The van der Waals surface area contributed by atoms with Crippen molar-refractivity contribution in [3.8, 4) is 0 Å². The van der Waals surface area contributed by atoms with Gasteiger partial charge in [-0.25, -0.2) is 0 Å². The maximum absolute atomic E-state index is 10.3. The number of hydrogen-bond donors (Lipinski definition) is 2. The van der Waals surface area contributed by atoms with E-state index in [-0.39, 0.29) is 17.0 Å². The Balaban J connectivity index is 0.000000640. The van der Waals surface area contributed by atoms with Gasteiger partial charge in [0.2, 0.25) is 0 Å². The van der Waals surface area contributed by atoms with Crippen LogP contribution < -0.4 is 5.73 Å². The van der Waals surface area contributed by atoms with Crippen molar-refractivity contribution in [1.82, 2.24) is 4.98 Å². The van der Waals surface area contributed by atoms with E-state index in [4.69, 9.17) is 5.73 Å². The monoisotopic (exact) mass is 190 g/mol. The van der Waals surface area contributed by atoms with E-state index in [0.717, 1.165) is 0 Å². The Morgan fingerprint density at radius 3 is 2.56 bits per heavy atom. The van der Waals surface area contributed by atoms with Crippen molar-refractivity contribution in [2.75, 3.05) is 0 Å². The molecule has 0 radical (unpaired) electrons. The summed E-state index contributed by atoms with van der Waals surface area (Å²) in [6.45, 7) is 0. The molecule has 1 rings (SSSR count). The second kappa shape index (κ2) is 3.29. The summed E-state index contributed by atoms with van der Waals surface area (Å²) in [5, 5.41) is 0. The summed E-state index contributed by atoms with van der Waals surface area (Å²) in [6.07, 6.45) is 1.65. The molecule has 0 aliphatic heterocycles. The molecule has 0 saturated carbocycles. The van der Waals surface area contributed by atoms with Crippen LogP contribution in [0.15, 0.2) is 18.3 Å². The topological polar surface area (TPSA) is 58.9 Å². The fourth-order valence-corrected chi connectivity index (χ4v) is 0.484. The molecule has 0 unspecified atom stereocenters. The molecule has 0 aliphatic rings. The molecular weight excluding hydrogens is 184 g/mol. The number of primary amides is 1. The molecule has 0 atom stereocenters. The fourth-order valence-electron chi connectivity index (χ4n) is 0.484. The number of rotatable bonds is 1. The lowest BCUT2D eigenvalue weighted by Gasteiger charge is -1.82. The Hall–Kier alpha value is -0.770. The Morgan fingerprint density at radius 1 is 1.67 bits per heavy atom. The average Bonchev–Trinajstić information content (AvgIpc) is 2.12. The average molecular weight is 191 g/mol. The van der Waals surface area contributed by atoms with Gasteiger partial charge in [-0.2, -0.15) is 0 Å². The third-order valence-corrected chi connectivity index (χ3v) is 0.863. The Bertz CT molecular complexity index is 183. The van der Waals surface area contributed by atoms with Gasteiger partial charge in [0.25, 0.3) is 5.91 Å². The first-order chi connectivity index (χ1) is 3.80. The predicted molar refractivity (Wildman–Crippen MR) is 39.6 cm³/mol. The summed E-state index contributed by atoms with van der Waals surface area (Å²) in [5.74, 6) is -0.421. The van der Waals surface area contributed by atoms with Crippen LogP contribution in [0.1, 0.15) is 10.5 Å². The first-order valence-corrected chi connectivity index (χ1v) is 2.24. The van der Waals surface area contributed by atoms with E-state index in [1.807, 2.05) is 0 Å². The van der Waals surface area contributed by atoms with Crippen LogP contribution in [0.5, 0.6) is 0 Å². The highest BCUT2D eigenvalue weighted by Crippen LogP contribution is 1.89. The van der Waals surface area contributed by atoms with Crippen LogP contribution in [0.4, 0.5) is 0 Å². The molecule has 3 nitrogen and oxygen atoms in total. The Morgan fingerprint density at radius 2 is 2.33 bits per heavy atom. The third-order valence-electron chi connectivity index (χ3n) is 0.863. The molecule has 4 heteroatoms. The van der Waals surface area contributed by atoms with Crippen molar-refractivity contribution < 1.29 is 4.79 Å². The molecule has 0 saturated heterocycles. The van der Waals surface area contributed by atoms with Crippen molar-refractivity contribution in [1.29, 1.82) is 0 Å². The zero-order valence-electron chi connectivity index (χ0n) is 4.63. The van der Waals surface area contributed by atoms with Gasteiger partial charge >= 0.3 is 0 Å². The van der Waals surface area contributed by atoms with Gasteiger partial charge in [-0.15, -0.1) is 17.0 Å². The van der Waals surface area contributed by atoms with Gasteiger partial charge in [-0.1, -0.05) is 0 Å². The number of carbonyl (C=O) groups is 1. The molecular formula is C5H7BrN2O. The van der Waals surface area contributed by atoms with Crippen molar-refractivity contribution in [3.05, 3.63) is 24.0 Å². The highest BCUT2D eigenvalue weighted by atomic mass is 79.9. The van der Waals surface area contributed by atoms with E-state index >= 15 is 0 Å². The number of halogens is 1. The molecule has 50 valence electrons. The van der Waals surface area contributed by atoms with E-state index in [9.17, 15) is 4.79 Å². The fraction of sp³-hybridized carbons (Fsp3) is 0. The van der Waals surface area contributed by atoms with Gasteiger partial charge in [0, 0.05) is 6.20 Å². The van der Waals surface area contributed by atoms with Crippen molar-refractivity contribution in [3.63, 3.8) is 0 Å². The lowest BCUT2D eigenvalue weighted by Crippen LogP contribution is -2.10. The van der Waals surface area contributed by atoms with Crippen LogP contribution in [0.25, 0.3) is 0 Å². The first-order valence-electron chi connectivity index (χ1n) is 2.24. The molecule has 0 aliphatic carbocycles. The number of amides is 1. The summed E-state index contributed by atoms with van der Waals surface area (Å²) >= 11 is 0. The van der Waals surface area contributed by atoms with Gasteiger partial charge in [-0.3, -0.25) is 4.79 Å². The van der Waals surface area contributed by atoms with Crippen LogP contribution >= 0.6 is 17.0 Å². The van der Waals surface area contributed by atoms with E-state index < -0.39 is 5.91 Å². The molecule has 0 spiro atoms. The lowest BCUT2D eigenvalue weighted by molar-refractivity contribution is 0.0996. The van der Waals surface area contributed by atoms with Crippen LogP contribution in [0.3, 0.4) is 0 Å². The van der Waals surface area contributed by atoms with Gasteiger partial charge in [0.15, 0.2) is 0 Å². The van der Waals surface area contributed by atoms with Crippen molar-refractivity contribution in [2.24, 2.45) is 5.73 Å². The highest BCUT2D eigenvalue weighted by molar-refractivity contribution is 8.93. The summed E-state index contributed by atoms with van der Waals surface area (Å²) < 4.78 is 0. The number of aromatic nitrogens is 1. The number of nitrogens with one attached hydrogen (secondary N) is 1. The highest BCUT2D eigenvalue weighted by Gasteiger charge is 1.95. The van der Waals surface area contributed by atoms with E-state index in [2.05, 4.69) is 4.98 Å². The van der Waals surface area contributed by atoms with E-state index in [0.29, 0.717) is 5.69 Å². The van der Waals surface area contributed by atoms with Gasteiger partial charge in [-0.05, 0) is 12.1 Å². The van der Waals surface area contributed by atoms with Gasteiger partial charge in [0.05, 0.1) is 0 Å². The molecule has 0 fully saturated rings. The first kappa shape index (κ1) is 8.23. The van der Waals surface area contributed by atoms with Gasteiger partial charge in [0.1, 0.15) is 5.69 Å². The summed E-state index contributed by atoms with van der Waals surface area (Å²) in [7, 11) is 0. The molecule has 0 aromatic carbocycles. The molecule has 1 heterocycles. The number of aromatic amines is 1. The Labute approximate surface area is 63.0 Å². The quantitative estimate of drug-likeness (QED) is 0.673. The Kier molecular flexibility index (Phi) is 3.01. The summed E-state index contributed by atoms with van der Waals surface area (Å²) in [5.41, 5.74) is 5.34. The van der Waals surface area contributed by atoms with Crippen molar-refractivity contribution >= 4 is 22.9 Å². The van der Waals surface area contributed by atoms with E-state index in [1.54, 1.807) is 18.3 Å². The maximum Gasteiger partial charge on any atom is 0.265 e. The smallest absolute Gasteiger partial charge is 0.265 e. The minimum atomic E-state index is -0.421. The standard InChI is InChI=1S/C5H6N2O.BrH/c6-5(8)4-2-1-3-7-4;/h1-3,7H,(H2,6,8);1H. The summed E-state index contributed by atoms with van der Waals surface area (Å²) in [4.78, 5) is 12.9. The number of H-pyrrole nitrogens is 1. The van der Waals surface area contributed by atoms with Gasteiger partial charge < -0.3 is 10.7 Å². The molecule has 1 aromatic rings. The normalized spacial score (nSPS) is 8.00. The predicted octanol–water partition coefficient (Wildman–Crippen LogP) is 0.692. The zero-order valence-corrected chi connectivity index (χ0v) is 6.34. The number of hydrogen-bond acceptors (Lipinski definition) is 1. The minimum Gasteiger partial charge on any atom is -0.364 e. The largest absolute Gasteiger partial charge is 0.364 e. The van der Waals surface area contributed by atoms with Crippen LogP contribution in [-0.4, -0.2) is 10.9 Å². The molecule has 1 amide bonds. The number of carbonyl (C=O) groups excluding carboxylic acids is 1. The second-order valence-electron chi connectivity index (χ2n) is 1.45. The third kappa shape index (κ3) is 1.89. The van der Waals surface area contributed by atoms with Crippen LogP contribution in [0.2, 0.25) is 0 Å². The minimum absolute atomic E-state index is 0. The van der Waals surface area contributed by atoms with E-state index in [1.165, 1.54) is 0 Å².